The van der Waals surface area contributed by atoms with Crippen molar-refractivity contribution in [2.45, 2.75) is 52.7 Å². The van der Waals surface area contributed by atoms with Crippen LogP contribution >= 0.6 is 0 Å². The molecule has 2 aliphatic rings. The number of anilines is 1. The molecule has 1 aromatic carbocycles. The van der Waals surface area contributed by atoms with Crippen LogP contribution in [-0.4, -0.2) is 45.1 Å². The molecule has 2 aromatic rings. The van der Waals surface area contributed by atoms with Gasteiger partial charge in [-0.3, -0.25) is 9.47 Å². The molecular weight excluding hydrogens is 356 g/mol. The molecule has 2 aliphatic heterocycles. The lowest BCUT2D eigenvalue weighted by molar-refractivity contribution is 0.00619. The van der Waals surface area contributed by atoms with Crippen LogP contribution in [0, 0.1) is 6.92 Å². The van der Waals surface area contributed by atoms with Crippen molar-refractivity contribution in [1.82, 2.24) is 14.5 Å². The Morgan fingerprint density at radius 2 is 1.86 bits per heavy atom. The third kappa shape index (κ3) is 3.15. The average molecular weight is 382 g/mol. The van der Waals surface area contributed by atoms with E-state index in [2.05, 4.69) is 4.98 Å². The van der Waals surface area contributed by atoms with Gasteiger partial charge in [0.1, 0.15) is 11.9 Å². The summed E-state index contributed by atoms with van der Waals surface area (Å²) in [4.78, 5) is 34.0. The van der Waals surface area contributed by atoms with Crippen molar-refractivity contribution in [3.05, 3.63) is 41.5 Å². The predicted octanol–water partition coefficient (Wildman–Crippen LogP) is 3.67. The van der Waals surface area contributed by atoms with Gasteiger partial charge in [-0.05, 0) is 52.2 Å². The Balaban J connectivity index is 1.78. The highest BCUT2D eigenvalue weighted by Crippen LogP contribution is 2.37. The number of carbonyl (C=O) groups is 2. The van der Waals surface area contributed by atoms with E-state index in [0.29, 0.717) is 12.2 Å². The maximum Gasteiger partial charge on any atom is 0.359 e. The number of carbonyl (C=O) groups excluding carboxylic acids is 2. The Labute approximate surface area is 164 Å². The predicted molar refractivity (Wildman–Crippen MR) is 106 cm³/mol. The second-order valence-electron chi connectivity index (χ2n) is 8.42. The van der Waals surface area contributed by atoms with Crippen LogP contribution in [0.1, 0.15) is 55.4 Å². The third-order valence-corrected chi connectivity index (χ3v) is 5.12. The summed E-state index contributed by atoms with van der Waals surface area (Å²) in [5.74, 6) is -0.467. The maximum atomic E-state index is 13.3. The summed E-state index contributed by atoms with van der Waals surface area (Å²) >= 11 is 0. The summed E-state index contributed by atoms with van der Waals surface area (Å²) in [5.41, 5.74) is 3.09. The number of esters is 1. The molecule has 1 fully saturated rings. The fraction of sp³-hybridized carbons (Fsp3) is 0.476. The number of likely N-dealkylation sites (tertiary alicyclic amines) is 1. The molecular formula is C21H26N4O3. The summed E-state index contributed by atoms with van der Waals surface area (Å²) < 4.78 is 7.42. The highest BCUT2D eigenvalue weighted by molar-refractivity contribution is 5.97. The number of nitrogens with zero attached hydrogens (tertiary/aromatic N) is 4. The maximum absolute atomic E-state index is 13.3. The molecule has 2 amide bonds. The van der Waals surface area contributed by atoms with E-state index < -0.39 is 11.6 Å². The zero-order valence-corrected chi connectivity index (χ0v) is 16.9. The minimum Gasteiger partial charge on any atom is -0.455 e. The van der Waals surface area contributed by atoms with Crippen LogP contribution in [-0.2, 0) is 11.3 Å². The van der Waals surface area contributed by atoms with E-state index in [1.54, 1.807) is 11.2 Å². The van der Waals surface area contributed by atoms with Gasteiger partial charge in [0.2, 0.25) is 0 Å². The quantitative estimate of drug-likeness (QED) is 0.706. The molecule has 0 N–H and O–H groups in total. The number of urea groups is 1. The van der Waals surface area contributed by atoms with Gasteiger partial charge < -0.3 is 9.64 Å². The largest absolute Gasteiger partial charge is 0.455 e. The Kier molecular flexibility index (Phi) is 4.40. The Morgan fingerprint density at radius 3 is 2.54 bits per heavy atom. The number of rotatable bonds is 1. The minimum atomic E-state index is -0.609. The number of ether oxygens (including phenoxy) is 1. The van der Waals surface area contributed by atoms with E-state index >= 15 is 0 Å². The number of fused-ring (bicyclic) bond motifs is 3. The summed E-state index contributed by atoms with van der Waals surface area (Å²) in [6.45, 7) is 9.32. The molecule has 0 bridgehead atoms. The van der Waals surface area contributed by atoms with Crippen LogP contribution in [0.25, 0.3) is 5.69 Å². The van der Waals surface area contributed by atoms with Gasteiger partial charge in [-0.15, -0.1) is 0 Å². The van der Waals surface area contributed by atoms with Gasteiger partial charge in [-0.25, -0.2) is 14.6 Å². The summed E-state index contributed by atoms with van der Waals surface area (Å²) in [5, 5.41) is 0. The molecule has 0 saturated carbocycles. The van der Waals surface area contributed by atoms with Gasteiger partial charge in [0.05, 0.1) is 23.6 Å². The zero-order valence-electron chi connectivity index (χ0n) is 16.9. The van der Waals surface area contributed by atoms with Crippen LogP contribution < -0.4 is 4.90 Å². The number of hydrogen-bond donors (Lipinski definition) is 0. The molecule has 0 atom stereocenters. The fourth-order valence-corrected chi connectivity index (χ4v) is 3.89. The Bertz CT molecular complexity index is 936. The smallest absolute Gasteiger partial charge is 0.359 e. The van der Waals surface area contributed by atoms with E-state index in [4.69, 9.17) is 4.74 Å². The highest BCUT2D eigenvalue weighted by Gasteiger charge is 2.35. The van der Waals surface area contributed by atoms with Gasteiger partial charge >= 0.3 is 12.0 Å². The van der Waals surface area contributed by atoms with Gasteiger partial charge in [0.25, 0.3) is 0 Å². The average Bonchev–Trinajstić information content (AvgIpc) is 3.29. The number of hydrogen-bond acceptors (Lipinski definition) is 4. The molecule has 0 radical (unpaired) electrons. The fourth-order valence-electron chi connectivity index (χ4n) is 3.89. The molecule has 7 nitrogen and oxygen atoms in total. The number of imidazole rings is 1. The van der Waals surface area contributed by atoms with Gasteiger partial charge in [0.15, 0.2) is 5.69 Å². The molecule has 0 spiro atoms. The summed E-state index contributed by atoms with van der Waals surface area (Å²) in [6.07, 6.45) is 3.70. The Hall–Kier alpha value is -2.83. The van der Waals surface area contributed by atoms with Crippen molar-refractivity contribution in [2.75, 3.05) is 18.0 Å². The van der Waals surface area contributed by atoms with Crippen molar-refractivity contribution in [2.24, 2.45) is 0 Å². The first-order valence-corrected chi connectivity index (χ1v) is 9.72. The van der Waals surface area contributed by atoms with Crippen molar-refractivity contribution in [3.63, 3.8) is 0 Å². The first-order valence-electron chi connectivity index (χ1n) is 9.72. The van der Waals surface area contributed by atoms with E-state index in [0.717, 1.165) is 42.9 Å². The second kappa shape index (κ2) is 6.65. The lowest BCUT2D eigenvalue weighted by Gasteiger charge is -2.34. The number of aryl methyl sites for hydroxylation is 1. The van der Waals surface area contributed by atoms with Crippen LogP contribution in [0.2, 0.25) is 0 Å². The number of para-hydroxylation sites is 1. The molecule has 1 saturated heterocycles. The van der Waals surface area contributed by atoms with E-state index in [9.17, 15) is 9.59 Å². The van der Waals surface area contributed by atoms with E-state index in [1.807, 2.05) is 55.4 Å². The first-order chi connectivity index (χ1) is 13.3. The van der Waals surface area contributed by atoms with Crippen LogP contribution in [0.4, 0.5) is 10.5 Å². The van der Waals surface area contributed by atoms with Crippen LogP contribution in [0.3, 0.4) is 0 Å². The van der Waals surface area contributed by atoms with E-state index in [-0.39, 0.29) is 11.7 Å². The monoisotopic (exact) mass is 382 g/mol. The van der Waals surface area contributed by atoms with Crippen molar-refractivity contribution in [3.8, 4) is 5.69 Å². The zero-order chi connectivity index (χ0) is 20.1. The molecule has 0 unspecified atom stereocenters. The van der Waals surface area contributed by atoms with Gasteiger partial charge in [-0.1, -0.05) is 12.1 Å². The van der Waals surface area contributed by atoms with Crippen molar-refractivity contribution < 1.29 is 14.3 Å². The number of benzene rings is 1. The van der Waals surface area contributed by atoms with Gasteiger partial charge in [0, 0.05) is 13.1 Å². The lowest BCUT2D eigenvalue weighted by Crippen LogP contribution is -2.44. The lowest BCUT2D eigenvalue weighted by atomic mass is 10.1. The van der Waals surface area contributed by atoms with Crippen LogP contribution in [0.5, 0.6) is 0 Å². The van der Waals surface area contributed by atoms with Gasteiger partial charge in [-0.2, -0.15) is 0 Å². The van der Waals surface area contributed by atoms with Crippen molar-refractivity contribution >= 4 is 17.7 Å². The first kappa shape index (κ1) is 18.5. The normalized spacial score (nSPS) is 16.0. The minimum absolute atomic E-state index is 0.0179. The summed E-state index contributed by atoms with van der Waals surface area (Å²) in [7, 11) is 0. The third-order valence-electron chi connectivity index (χ3n) is 5.12. The summed E-state index contributed by atoms with van der Waals surface area (Å²) in [6, 6.07) is 5.89. The SMILES string of the molecule is Cc1cccc2c1N(C(=O)N1CCCC1)Cc1c(C(=O)OC(C)(C)C)ncn1-2. The molecule has 7 heteroatoms. The molecule has 28 heavy (non-hydrogen) atoms. The molecule has 1 aromatic heterocycles. The topological polar surface area (TPSA) is 67.7 Å². The molecule has 0 aliphatic carbocycles. The van der Waals surface area contributed by atoms with Crippen molar-refractivity contribution in [1.29, 1.82) is 0 Å². The van der Waals surface area contributed by atoms with E-state index in [1.165, 1.54) is 0 Å². The number of aromatic nitrogens is 2. The molecule has 4 rings (SSSR count). The van der Waals surface area contributed by atoms with Crippen LogP contribution in [0.15, 0.2) is 24.5 Å². The number of amides is 2. The second-order valence-corrected chi connectivity index (χ2v) is 8.42. The standard InChI is InChI=1S/C21H26N4O3/c1-14-8-7-9-15-18(14)24(20(27)23-10-5-6-11-23)12-16-17(22-13-25(15)16)19(26)28-21(2,3)4/h7-9,13H,5-6,10-12H2,1-4H3. The molecule has 3 heterocycles. The molecule has 148 valence electrons. The highest BCUT2D eigenvalue weighted by atomic mass is 16.6. The Morgan fingerprint density at radius 1 is 1.14 bits per heavy atom.